The van der Waals surface area contributed by atoms with E-state index in [1.54, 1.807) is 17.8 Å². The van der Waals surface area contributed by atoms with Crippen molar-refractivity contribution in [2.45, 2.75) is 6.42 Å². The zero-order chi connectivity index (χ0) is 9.15. The molecule has 0 bridgehead atoms. The molecule has 0 radical (unpaired) electrons. The standard InChI is InChI=1S/C8H9N3OS/c12-13(3-1-2-4-13)11-8-5-9-7-10-6-8/h1,3,5-7H,2,4H2. The molecule has 1 unspecified atom stereocenters. The van der Waals surface area contributed by atoms with Gasteiger partial charge in [-0.15, -0.1) is 0 Å². The molecule has 68 valence electrons. The van der Waals surface area contributed by atoms with Gasteiger partial charge in [-0.3, -0.25) is 0 Å². The van der Waals surface area contributed by atoms with Gasteiger partial charge in [0.2, 0.25) is 0 Å². The first-order chi connectivity index (χ1) is 6.29. The first-order valence-electron chi connectivity index (χ1n) is 3.95. The van der Waals surface area contributed by atoms with Crippen molar-refractivity contribution < 1.29 is 4.21 Å². The Bertz CT molecular complexity index is 432. The van der Waals surface area contributed by atoms with E-state index < -0.39 is 9.73 Å². The SMILES string of the molecule is O=S1(=Nc2cncnc2)C=CCC1. The Hall–Kier alpha value is -1.23. The maximum Gasteiger partial charge on any atom is 0.115 e. The Morgan fingerprint density at radius 1 is 1.38 bits per heavy atom. The highest BCUT2D eigenvalue weighted by molar-refractivity contribution is 7.96. The summed E-state index contributed by atoms with van der Waals surface area (Å²) in [5.41, 5.74) is 0.582. The Morgan fingerprint density at radius 2 is 2.15 bits per heavy atom. The van der Waals surface area contributed by atoms with E-state index in [0.29, 0.717) is 11.4 Å². The summed E-state index contributed by atoms with van der Waals surface area (Å²) in [7, 11) is -2.14. The molecule has 0 aliphatic carbocycles. The van der Waals surface area contributed by atoms with Crippen LogP contribution in [0.25, 0.3) is 0 Å². The molecule has 1 atom stereocenters. The summed E-state index contributed by atoms with van der Waals surface area (Å²) >= 11 is 0. The molecule has 1 aromatic rings. The van der Waals surface area contributed by atoms with Gasteiger partial charge in [0, 0.05) is 11.2 Å². The Kier molecular flexibility index (Phi) is 2.10. The molecule has 1 aliphatic heterocycles. The largest absolute Gasteiger partial charge is 0.245 e. The van der Waals surface area contributed by atoms with Crippen LogP contribution in [0.4, 0.5) is 5.69 Å². The van der Waals surface area contributed by atoms with Gasteiger partial charge < -0.3 is 0 Å². The third-order valence-corrected chi connectivity index (χ3v) is 3.65. The highest BCUT2D eigenvalue weighted by atomic mass is 32.2. The van der Waals surface area contributed by atoms with Gasteiger partial charge in [-0.25, -0.2) is 14.2 Å². The fourth-order valence-electron chi connectivity index (χ4n) is 1.12. The van der Waals surface area contributed by atoms with Gasteiger partial charge in [0.1, 0.15) is 12.0 Å². The van der Waals surface area contributed by atoms with E-state index in [2.05, 4.69) is 14.3 Å². The van der Waals surface area contributed by atoms with E-state index in [1.165, 1.54) is 6.33 Å². The molecule has 0 saturated carbocycles. The number of hydrogen-bond acceptors (Lipinski definition) is 4. The van der Waals surface area contributed by atoms with Crippen molar-refractivity contribution in [3.63, 3.8) is 0 Å². The molecule has 13 heavy (non-hydrogen) atoms. The lowest BCUT2D eigenvalue weighted by atomic mass is 10.5. The minimum atomic E-state index is -2.14. The number of rotatable bonds is 1. The summed E-state index contributed by atoms with van der Waals surface area (Å²) in [6.45, 7) is 0. The summed E-state index contributed by atoms with van der Waals surface area (Å²) < 4.78 is 16.0. The predicted molar refractivity (Wildman–Crippen MR) is 50.9 cm³/mol. The van der Waals surface area contributed by atoms with E-state index in [1.807, 2.05) is 6.08 Å². The molecule has 4 nitrogen and oxygen atoms in total. The van der Waals surface area contributed by atoms with E-state index in [-0.39, 0.29) is 0 Å². The summed E-state index contributed by atoms with van der Waals surface area (Å²) in [5, 5.41) is 1.68. The smallest absolute Gasteiger partial charge is 0.115 e. The van der Waals surface area contributed by atoms with Crippen LogP contribution in [0.1, 0.15) is 6.42 Å². The zero-order valence-electron chi connectivity index (χ0n) is 6.96. The van der Waals surface area contributed by atoms with Crippen molar-refractivity contribution in [3.05, 3.63) is 30.2 Å². The fraction of sp³-hybridized carbons (Fsp3) is 0.250. The van der Waals surface area contributed by atoms with Crippen molar-refractivity contribution in [2.24, 2.45) is 4.36 Å². The Morgan fingerprint density at radius 3 is 2.77 bits per heavy atom. The van der Waals surface area contributed by atoms with Crippen LogP contribution in [0.15, 0.2) is 34.6 Å². The molecular formula is C8H9N3OS. The second kappa shape index (κ2) is 3.26. The van der Waals surface area contributed by atoms with Gasteiger partial charge in [-0.1, -0.05) is 6.08 Å². The topological polar surface area (TPSA) is 55.2 Å². The van der Waals surface area contributed by atoms with Crippen molar-refractivity contribution in [2.75, 3.05) is 5.75 Å². The van der Waals surface area contributed by atoms with Crippen LogP contribution in [0.2, 0.25) is 0 Å². The van der Waals surface area contributed by atoms with E-state index in [9.17, 15) is 4.21 Å². The maximum atomic E-state index is 11.8. The van der Waals surface area contributed by atoms with Crippen LogP contribution in [-0.2, 0) is 9.73 Å². The number of hydrogen-bond donors (Lipinski definition) is 0. The van der Waals surface area contributed by atoms with Gasteiger partial charge in [-0.2, -0.15) is 4.36 Å². The first kappa shape index (κ1) is 8.37. The zero-order valence-corrected chi connectivity index (χ0v) is 7.78. The highest BCUT2D eigenvalue weighted by Crippen LogP contribution is 2.17. The van der Waals surface area contributed by atoms with E-state index in [0.717, 1.165) is 6.42 Å². The van der Waals surface area contributed by atoms with Gasteiger partial charge in [0.05, 0.1) is 22.1 Å². The minimum Gasteiger partial charge on any atom is -0.245 e. The lowest BCUT2D eigenvalue weighted by molar-refractivity contribution is 0.683. The van der Waals surface area contributed by atoms with E-state index >= 15 is 0 Å². The molecule has 1 aromatic heterocycles. The van der Waals surface area contributed by atoms with Crippen LogP contribution < -0.4 is 0 Å². The highest BCUT2D eigenvalue weighted by Gasteiger charge is 2.09. The third-order valence-electron chi connectivity index (χ3n) is 1.69. The second-order valence-electron chi connectivity index (χ2n) is 2.74. The summed E-state index contributed by atoms with van der Waals surface area (Å²) in [6.07, 6.45) is 7.29. The quantitative estimate of drug-likeness (QED) is 0.682. The normalized spacial score (nSPS) is 26.2. The van der Waals surface area contributed by atoms with Gasteiger partial charge >= 0.3 is 0 Å². The van der Waals surface area contributed by atoms with Crippen molar-refractivity contribution >= 4 is 15.4 Å². The Labute approximate surface area is 76.9 Å². The number of nitrogens with zero attached hydrogens (tertiary/aromatic N) is 3. The van der Waals surface area contributed by atoms with Gasteiger partial charge in [0.15, 0.2) is 0 Å². The van der Waals surface area contributed by atoms with Crippen molar-refractivity contribution in [1.29, 1.82) is 0 Å². The molecule has 2 heterocycles. The molecule has 0 amide bonds. The predicted octanol–water partition coefficient (Wildman–Crippen LogP) is 1.49. The third kappa shape index (κ3) is 1.92. The van der Waals surface area contributed by atoms with Crippen molar-refractivity contribution in [1.82, 2.24) is 9.97 Å². The minimum absolute atomic E-state index is 0.582. The molecule has 0 saturated heterocycles. The molecule has 5 heteroatoms. The fourth-order valence-corrected chi connectivity index (χ4v) is 2.77. The van der Waals surface area contributed by atoms with Crippen LogP contribution in [0, 0.1) is 0 Å². The van der Waals surface area contributed by atoms with Gasteiger partial charge in [-0.05, 0) is 6.42 Å². The molecule has 0 spiro atoms. The molecule has 0 aromatic carbocycles. The maximum absolute atomic E-state index is 11.8. The monoisotopic (exact) mass is 195 g/mol. The number of allylic oxidation sites excluding steroid dienone is 1. The van der Waals surface area contributed by atoms with Crippen LogP contribution in [-0.4, -0.2) is 19.9 Å². The summed E-state index contributed by atoms with van der Waals surface area (Å²) in [6, 6.07) is 0. The lowest BCUT2D eigenvalue weighted by Crippen LogP contribution is -1.94. The first-order valence-corrected chi connectivity index (χ1v) is 5.70. The van der Waals surface area contributed by atoms with Crippen molar-refractivity contribution in [3.8, 4) is 0 Å². The molecular weight excluding hydrogens is 186 g/mol. The summed E-state index contributed by atoms with van der Waals surface area (Å²) in [4.78, 5) is 7.61. The Balaban J connectivity index is 2.41. The molecule has 0 fully saturated rings. The number of aromatic nitrogens is 2. The van der Waals surface area contributed by atoms with Crippen LogP contribution in [0.3, 0.4) is 0 Å². The molecule has 2 rings (SSSR count). The van der Waals surface area contributed by atoms with Crippen LogP contribution in [0.5, 0.6) is 0 Å². The lowest BCUT2D eigenvalue weighted by Gasteiger charge is -1.96. The van der Waals surface area contributed by atoms with Gasteiger partial charge in [0.25, 0.3) is 0 Å². The molecule has 1 aliphatic rings. The average molecular weight is 195 g/mol. The average Bonchev–Trinajstić information content (AvgIpc) is 2.54. The second-order valence-corrected chi connectivity index (χ2v) is 4.98. The molecule has 0 N–H and O–H groups in total. The summed E-state index contributed by atoms with van der Waals surface area (Å²) in [5.74, 6) is 0.613. The van der Waals surface area contributed by atoms with E-state index in [4.69, 9.17) is 0 Å². The van der Waals surface area contributed by atoms with Crippen LogP contribution >= 0.6 is 0 Å².